The van der Waals surface area contributed by atoms with Gasteiger partial charge in [-0.05, 0) is 0 Å². The summed E-state index contributed by atoms with van der Waals surface area (Å²) >= 11 is -0.0312. The molecule has 1 heterocycles. The Balaban J connectivity index is 2.38. The summed E-state index contributed by atoms with van der Waals surface area (Å²) in [6.45, 7) is 9.49. The molecule has 1 aromatic heterocycles. The van der Waals surface area contributed by atoms with E-state index in [1.807, 2.05) is 10.0 Å². The Hall–Kier alpha value is 0.459. The zero-order chi connectivity index (χ0) is 18.3. The number of hydrogen-bond acceptors (Lipinski definition) is 2. The summed E-state index contributed by atoms with van der Waals surface area (Å²) in [5.41, 5.74) is 1.58. The van der Waals surface area contributed by atoms with Gasteiger partial charge in [0.2, 0.25) is 0 Å². The Morgan fingerprint density at radius 3 is 2.08 bits per heavy atom. The van der Waals surface area contributed by atoms with Gasteiger partial charge in [-0.1, -0.05) is 0 Å². The second-order valence-electron chi connectivity index (χ2n) is 8.25. The van der Waals surface area contributed by atoms with Crippen molar-refractivity contribution < 1.29 is 4.74 Å². The van der Waals surface area contributed by atoms with Crippen LogP contribution < -0.4 is 2.89 Å². The Labute approximate surface area is 164 Å². The minimum absolute atomic E-state index is 0.348. The molecule has 0 amide bonds. The topological polar surface area (TPSA) is 9.23 Å². The number of aryl methyl sites for hydroxylation is 1. The van der Waals surface area contributed by atoms with Crippen LogP contribution in [-0.2, 0) is 11.2 Å². The summed E-state index contributed by atoms with van der Waals surface area (Å²) in [6.07, 6.45) is 11.4. The monoisotopic (exact) mass is 472 g/mol. The second-order valence-corrected chi connectivity index (χ2v) is 23.6. The van der Waals surface area contributed by atoms with Crippen LogP contribution in [0.3, 0.4) is 0 Å². The molecule has 144 valence electrons. The van der Waals surface area contributed by atoms with Gasteiger partial charge in [0.25, 0.3) is 0 Å². The van der Waals surface area contributed by atoms with Crippen LogP contribution in [0.1, 0.15) is 89.2 Å². The van der Waals surface area contributed by atoms with Crippen molar-refractivity contribution in [2.75, 3.05) is 7.11 Å². The minimum atomic E-state index is -2.26. The number of fused-ring (bicyclic) bond motifs is 1. The van der Waals surface area contributed by atoms with Crippen LogP contribution in [0.2, 0.25) is 13.3 Å². The molecule has 2 rings (SSSR count). The van der Waals surface area contributed by atoms with E-state index in [9.17, 15) is 0 Å². The van der Waals surface area contributed by atoms with E-state index in [0.717, 1.165) is 0 Å². The van der Waals surface area contributed by atoms with Crippen molar-refractivity contribution in [3.05, 3.63) is 16.5 Å². The van der Waals surface area contributed by atoms with Crippen LogP contribution in [0.5, 0.6) is 0 Å². The third-order valence-corrected chi connectivity index (χ3v) is 25.7. The predicted molar refractivity (Wildman–Crippen MR) is 116 cm³/mol. The van der Waals surface area contributed by atoms with Crippen LogP contribution in [0.15, 0.2) is 6.07 Å². The normalized spacial score (nSPS) is 20.7. The van der Waals surface area contributed by atoms with Crippen LogP contribution in [0.25, 0.3) is 0 Å². The zero-order valence-electron chi connectivity index (χ0n) is 17.3. The van der Waals surface area contributed by atoms with Crippen LogP contribution in [-0.4, -0.2) is 25.5 Å². The van der Waals surface area contributed by atoms with Gasteiger partial charge in [0.05, 0.1) is 0 Å². The first-order valence-electron chi connectivity index (χ1n) is 10.8. The molecule has 1 aliphatic carbocycles. The molecule has 0 radical (unpaired) electrons. The fourth-order valence-electron chi connectivity index (χ4n) is 4.61. The van der Waals surface area contributed by atoms with E-state index in [0.29, 0.717) is 12.0 Å². The van der Waals surface area contributed by atoms with Gasteiger partial charge in [0, 0.05) is 0 Å². The van der Waals surface area contributed by atoms with E-state index in [-0.39, 0.29) is 0 Å². The van der Waals surface area contributed by atoms with Crippen molar-refractivity contribution in [2.24, 2.45) is 5.92 Å². The average molecular weight is 471 g/mol. The van der Waals surface area contributed by atoms with E-state index in [1.54, 1.807) is 23.8 Å². The molecule has 0 saturated carbocycles. The van der Waals surface area contributed by atoms with E-state index in [1.165, 1.54) is 51.4 Å². The summed E-state index contributed by atoms with van der Waals surface area (Å²) in [7, 11) is 1.91. The van der Waals surface area contributed by atoms with Crippen molar-refractivity contribution in [2.45, 2.75) is 98.5 Å². The van der Waals surface area contributed by atoms with Crippen molar-refractivity contribution in [3.8, 4) is 0 Å². The van der Waals surface area contributed by atoms with Crippen molar-refractivity contribution >= 4 is 32.6 Å². The summed E-state index contributed by atoms with van der Waals surface area (Å²) in [4.78, 5) is 1.67. The van der Waals surface area contributed by atoms with E-state index in [4.69, 9.17) is 4.74 Å². The standard InChI is InChI=1S/C10H13OS.3C4H9.Sn/c1-7-3-4-9-8(5-6-12-9)10(7)11-2;3*1-3-4-2;/h5,7,10H,3-4H2,1-2H3;3*1,3-4H2,2H3;. The van der Waals surface area contributed by atoms with Crippen LogP contribution in [0.4, 0.5) is 0 Å². The maximum absolute atomic E-state index is 5.93. The van der Waals surface area contributed by atoms with Gasteiger partial charge in [-0.25, -0.2) is 0 Å². The first-order valence-corrected chi connectivity index (χ1v) is 19.1. The first-order chi connectivity index (χ1) is 12.1. The summed E-state index contributed by atoms with van der Waals surface area (Å²) < 4.78 is 12.6. The number of hydrogen-bond donors (Lipinski definition) is 0. The molecule has 2 unspecified atom stereocenters. The molecular formula is C22H40OSSn. The van der Waals surface area contributed by atoms with Gasteiger partial charge in [-0.15, -0.1) is 0 Å². The van der Waals surface area contributed by atoms with Gasteiger partial charge in [-0.2, -0.15) is 0 Å². The number of rotatable bonds is 11. The second kappa shape index (κ2) is 10.7. The molecule has 1 aliphatic rings. The molecule has 0 aromatic carbocycles. The molecule has 0 bridgehead atoms. The third kappa shape index (κ3) is 5.25. The number of ether oxygens (including phenoxy) is 1. The first kappa shape index (κ1) is 21.8. The summed E-state index contributed by atoms with van der Waals surface area (Å²) in [5, 5.41) is 0. The summed E-state index contributed by atoms with van der Waals surface area (Å²) in [5.74, 6) is 0.673. The van der Waals surface area contributed by atoms with Gasteiger partial charge in [0.15, 0.2) is 0 Å². The average Bonchev–Trinajstić information content (AvgIpc) is 3.06. The molecule has 0 N–H and O–H groups in total. The Bertz CT molecular complexity index is 488. The molecule has 2 atom stereocenters. The van der Waals surface area contributed by atoms with E-state index >= 15 is 0 Å². The van der Waals surface area contributed by atoms with Crippen molar-refractivity contribution in [1.29, 1.82) is 0 Å². The van der Waals surface area contributed by atoms with Crippen molar-refractivity contribution in [1.82, 2.24) is 0 Å². The molecular weight excluding hydrogens is 431 g/mol. The van der Waals surface area contributed by atoms with Gasteiger partial charge < -0.3 is 0 Å². The Morgan fingerprint density at radius 2 is 1.60 bits per heavy atom. The number of thiophene rings is 1. The zero-order valence-corrected chi connectivity index (χ0v) is 21.0. The van der Waals surface area contributed by atoms with Crippen molar-refractivity contribution in [3.63, 3.8) is 0 Å². The molecule has 0 aliphatic heterocycles. The van der Waals surface area contributed by atoms with Gasteiger partial charge >= 0.3 is 165 Å². The molecule has 0 fully saturated rings. The van der Waals surface area contributed by atoms with Crippen LogP contribution in [0, 0.1) is 5.92 Å². The maximum atomic E-state index is 5.93. The number of methoxy groups -OCH3 is 1. The predicted octanol–water partition coefficient (Wildman–Crippen LogP) is 7.07. The Morgan fingerprint density at radius 1 is 1.04 bits per heavy atom. The summed E-state index contributed by atoms with van der Waals surface area (Å²) in [6, 6.07) is 2.67. The SMILES string of the molecule is CCC[CH2][Sn]([CH2]CCC)([CH2]CCC)[c]1cc2c(s1)CCC(C)C2OC. The molecule has 25 heavy (non-hydrogen) atoms. The van der Waals surface area contributed by atoms with Gasteiger partial charge in [-0.3, -0.25) is 0 Å². The molecule has 0 saturated heterocycles. The molecule has 1 aromatic rings. The fraction of sp³-hybridized carbons (Fsp3) is 0.818. The quantitative estimate of drug-likeness (QED) is 0.314. The Kier molecular flexibility index (Phi) is 9.32. The third-order valence-electron chi connectivity index (χ3n) is 6.30. The number of unbranched alkanes of at least 4 members (excludes halogenated alkanes) is 3. The van der Waals surface area contributed by atoms with E-state index in [2.05, 4.69) is 45.1 Å². The molecule has 0 spiro atoms. The fourth-order valence-corrected chi connectivity index (χ4v) is 25.1. The molecule has 3 heteroatoms. The molecule has 1 nitrogen and oxygen atoms in total. The van der Waals surface area contributed by atoms with Crippen LogP contribution >= 0.6 is 11.3 Å². The van der Waals surface area contributed by atoms with Gasteiger partial charge in [0.1, 0.15) is 0 Å². The van der Waals surface area contributed by atoms with E-state index < -0.39 is 18.4 Å².